The molecular weight excluding hydrogens is 284 g/mol. The summed E-state index contributed by atoms with van der Waals surface area (Å²) in [6.07, 6.45) is 2.19. The van der Waals surface area contributed by atoms with Gasteiger partial charge in [0.25, 0.3) is 0 Å². The number of furan rings is 1. The fourth-order valence-corrected chi connectivity index (χ4v) is 1.79. The van der Waals surface area contributed by atoms with E-state index in [0.717, 1.165) is 11.3 Å². The summed E-state index contributed by atoms with van der Waals surface area (Å²) >= 11 is 0. The van der Waals surface area contributed by atoms with E-state index in [-0.39, 0.29) is 18.1 Å². The van der Waals surface area contributed by atoms with E-state index in [0.29, 0.717) is 13.0 Å². The minimum absolute atomic E-state index is 0.142. The fourth-order valence-electron chi connectivity index (χ4n) is 1.79. The highest BCUT2D eigenvalue weighted by atomic mass is 16.5. The molecule has 0 bridgehead atoms. The molecule has 2 amide bonds. The first-order valence-corrected chi connectivity index (χ1v) is 6.97. The molecule has 0 aliphatic carbocycles. The van der Waals surface area contributed by atoms with Crippen molar-refractivity contribution in [1.82, 2.24) is 10.9 Å². The van der Waals surface area contributed by atoms with Crippen molar-refractivity contribution in [2.24, 2.45) is 0 Å². The molecule has 2 aromatic rings. The van der Waals surface area contributed by atoms with Gasteiger partial charge in [-0.3, -0.25) is 20.4 Å². The van der Waals surface area contributed by atoms with Crippen molar-refractivity contribution >= 4 is 11.8 Å². The lowest BCUT2D eigenvalue weighted by molar-refractivity contribution is -0.122. The highest BCUT2D eigenvalue weighted by molar-refractivity contribution is 5.92. The summed E-state index contributed by atoms with van der Waals surface area (Å²) in [5.74, 6) is 0.150. The smallest absolute Gasteiger partial charge is 0.305 e. The van der Waals surface area contributed by atoms with Crippen LogP contribution >= 0.6 is 0 Å². The second-order valence-corrected chi connectivity index (χ2v) is 4.75. The Morgan fingerprint density at radius 2 is 2.05 bits per heavy atom. The number of amides is 2. The maximum absolute atomic E-state index is 11.6. The lowest BCUT2D eigenvalue weighted by Gasteiger charge is -2.08. The quantitative estimate of drug-likeness (QED) is 0.633. The molecule has 0 radical (unpaired) electrons. The Kier molecular flexibility index (Phi) is 5.59. The number of carbonyl (C=O) groups excluding carboxylic acids is 2. The number of hydrogen-bond donors (Lipinski definition) is 2. The summed E-state index contributed by atoms with van der Waals surface area (Å²) in [4.78, 5) is 23.1. The van der Waals surface area contributed by atoms with Gasteiger partial charge < -0.3 is 9.15 Å². The molecule has 0 spiro atoms. The molecule has 116 valence electrons. The Labute approximate surface area is 128 Å². The minimum Gasteiger partial charge on any atom is -0.494 e. The average Bonchev–Trinajstić information content (AvgIpc) is 3.04. The number of rotatable bonds is 6. The van der Waals surface area contributed by atoms with Gasteiger partial charge in [0.05, 0.1) is 12.9 Å². The van der Waals surface area contributed by atoms with Crippen LogP contribution in [0.5, 0.6) is 5.75 Å². The Bertz CT molecular complexity index is 623. The molecule has 22 heavy (non-hydrogen) atoms. The van der Waals surface area contributed by atoms with E-state index in [2.05, 4.69) is 10.9 Å². The van der Waals surface area contributed by atoms with E-state index in [1.54, 1.807) is 6.07 Å². The number of nitrogens with one attached hydrogen (secondary N) is 2. The van der Waals surface area contributed by atoms with E-state index in [1.807, 2.05) is 31.2 Å². The Morgan fingerprint density at radius 3 is 2.77 bits per heavy atom. The molecule has 0 fully saturated rings. The first kappa shape index (κ1) is 15.6. The molecule has 1 aromatic heterocycles. The molecule has 6 heteroatoms. The predicted octanol–water partition coefficient (Wildman–Crippen LogP) is 2.21. The summed E-state index contributed by atoms with van der Waals surface area (Å²) in [5.41, 5.74) is 5.72. The Morgan fingerprint density at radius 1 is 1.18 bits per heavy atom. The van der Waals surface area contributed by atoms with Crippen LogP contribution < -0.4 is 15.6 Å². The normalized spacial score (nSPS) is 10.0. The fraction of sp³-hybridized carbons (Fsp3) is 0.250. The minimum atomic E-state index is -0.491. The standard InChI is InChI=1S/C16H18N2O4/c1-12-5-2-6-13(11-12)21-9-4-8-15(19)17-18-16(20)14-7-3-10-22-14/h2-3,5-7,10-11H,4,8-9H2,1H3,(H,17,19)(H,18,20). The monoisotopic (exact) mass is 302 g/mol. The van der Waals surface area contributed by atoms with Crippen molar-refractivity contribution in [3.8, 4) is 5.75 Å². The van der Waals surface area contributed by atoms with Crippen molar-refractivity contribution < 1.29 is 18.7 Å². The van der Waals surface area contributed by atoms with E-state index >= 15 is 0 Å². The predicted molar refractivity (Wildman–Crippen MR) is 80.2 cm³/mol. The molecule has 1 aromatic carbocycles. The highest BCUT2D eigenvalue weighted by Gasteiger charge is 2.09. The molecule has 6 nitrogen and oxygen atoms in total. The zero-order chi connectivity index (χ0) is 15.8. The molecule has 2 rings (SSSR count). The van der Waals surface area contributed by atoms with Crippen LogP contribution in [0.25, 0.3) is 0 Å². The summed E-state index contributed by atoms with van der Waals surface area (Å²) in [6.45, 7) is 2.42. The molecule has 0 aliphatic rings. The molecule has 1 heterocycles. The maximum Gasteiger partial charge on any atom is 0.305 e. The van der Waals surface area contributed by atoms with E-state index in [1.165, 1.54) is 12.3 Å². The van der Waals surface area contributed by atoms with Gasteiger partial charge in [-0.15, -0.1) is 0 Å². The number of aryl methyl sites for hydroxylation is 1. The molecule has 0 saturated heterocycles. The van der Waals surface area contributed by atoms with Gasteiger partial charge in [-0.1, -0.05) is 12.1 Å². The summed E-state index contributed by atoms with van der Waals surface area (Å²) in [7, 11) is 0. The van der Waals surface area contributed by atoms with Crippen LogP contribution in [0.15, 0.2) is 47.1 Å². The van der Waals surface area contributed by atoms with Crippen molar-refractivity contribution in [3.63, 3.8) is 0 Å². The van der Waals surface area contributed by atoms with Crippen molar-refractivity contribution in [2.45, 2.75) is 19.8 Å². The molecule has 2 N–H and O–H groups in total. The van der Waals surface area contributed by atoms with Gasteiger partial charge in [0.15, 0.2) is 5.76 Å². The SMILES string of the molecule is Cc1cccc(OCCCC(=O)NNC(=O)c2ccco2)c1. The average molecular weight is 302 g/mol. The lowest BCUT2D eigenvalue weighted by Crippen LogP contribution is -2.41. The van der Waals surface area contributed by atoms with Crippen molar-refractivity contribution in [2.75, 3.05) is 6.61 Å². The topological polar surface area (TPSA) is 80.6 Å². The second-order valence-electron chi connectivity index (χ2n) is 4.75. The van der Waals surface area contributed by atoms with Crippen LogP contribution in [-0.4, -0.2) is 18.4 Å². The Hall–Kier alpha value is -2.76. The number of hydrogen-bond acceptors (Lipinski definition) is 4. The van der Waals surface area contributed by atoms with Crippen molar-refractivity contribution in [1.29, 1.82) is 0 Å². The van der Waals surface area contributed by atoms with Gasteiger partial charge in [0.1, 0.15) is 5.75 Å². The zero-order valence-corrected chi connectivity index (χ0v) is 12.3. The van der Waals surface area contributed by atoms with Gasteiger partial charge in [-0.25, -0.2) is 0 Å². The lowest BCUT2D eigenvalue weighted by atomic mass is 10.2. The third-order valence-corrected chi connectivity index (χ3v) is 2.87. The number of benzene rings is 1. The van der Waals surface area contributed by atoms with Gasteiger partial charge in [-0.05, 0) is 43.2 Å². The van der Waals surface area contributed by atoms with Crippen LogP contribution in [0.3, 0.4) is 0 Å². The van der Waals surface area contributed by atoms with E-state index in [9.17, 15) is 9.59 Å². The summed E-state index contributed by atoms with van der Waals surface area (Å²) in [6, 6.07) is 10.8. The first-order valence-electron chi connectivity index (χ1n) is 6.97. The van der Waals surface area contributed by atoms with Crippen LogP contribution in [0.2, 0.25) is 0 Å². The van der Waals surface area contributed by atoms with Gasteiger partial charge in [-0.2, -0.15) is 0 Å². The zero-order valence-electron chi connectivity index (χ0n) is 12.3. The van der Waals surface area contributed by atoms with Crippen LogP contribution in [0.1, 0.15) is 29.0 Å². The maximum atomic E-state index is 11.6. The van der Waals surface area contributed by atoms with Gasteiger partial charge >= 0.3 is 5.91 Å². The van der Waals surface area contributed by atoms with Crippen LogP contribution in [0, 0.1) is 6.92 Å². The third kappa shape index (κ3) is 4.97. The van der Waals surface area contributed by atoms with E-state index in [4.69, 9.17) is 9.15 Å². The molecular formula is C16H18N2O4. The van der Waals surface area contributed by atoms with Crippen LogP contribution in [-0.2, 0) is 4.79 Å². The summed E-state index contributed by atoms with van der Waals surface area (Å²) in [5, 5.41) is 0. The molecule has 0 unspecified atom stereocenters. The first-order chi connectivity index (χ1) is 10.6. The second kappa shape index (κ2) is 7.87. The molecule has 0 aliphatic heterocycles. The molecule has 0 saturated carbocycles. The van der Waals surface area contributed by atoms with Crippen LogP contribution in [0.4, 0.5) is 0 Å². The highest BCUT2D eigenvalue weighted by Crippen LogP contribution is 2.12. The number of ether oxygens (including phenoxy) is 1. The summed E-state index contributed by atoms with van der Waals surface area (Å²) < 4.78 is 10.4. The largest absolute Gasteiger partial charge is 0.494 e. The third-order valence-electron chi connectivity index (χ3n) is 2.87. The Balaban J connectivity index is 1.61. The van der Waals surface area contributed by atoms with Gasteiger partial charge in [0, 0.05) is 6.42 Å². The molecule has 0 atom stereocenters. The number of hydrazine groups is 1. The van der Waals surface area contributed by atoms with E-state index < -0.39 is 5.91 Å². The van der Waals surface area contributed by atoms with Gasteiger partial charge in [0.2, 0.25) is 5.91 Å². The number of carbonyl (C=O) groups is 2. The van der Waals surface area contributed by atoms with Crippen molar-refractivity contribution in [3.05, 3.63) is 54.0 Å².